The Bertz CT molecular complexity index is 883. The minimum absolute atomic E-state index is 0.343. The van der Waals surface area contributed by atoms with Gasteiger partial charge in [0.05, 0.1) is 61.9 Å². The number of hydrogen-bond acceptors (Lipinski definition) is 2. The Balaban J connectivity index is -0.0000000914. The van der Waals surface area contributed by atoms with E-state index < -0.39 is 70.0 Å². The second kappa shape index (κ2) is 32.8. The van der Waals surface area contributed by atoms with Crippen molar-refractivity contribution in [2.75, 3.05) is 26.7 Å². The zero-order valence-corrected chi connectivity index (χ0v) is 61.7. The normalized spacial score (nSPS) is 13.2. The lowest BCUT2D eigenvalue weighted by molar-refractivity contribution is 0.321. The average molecular weight is 1050 g/mol. The van der Waals surface area contributed by atoms with Crippen LogP contribution < -0.4 is 0 Å². The van der Waals surface area contributed by atoms with Crippen molar-refractivity contribution in [3.63, 3.8) is 0 Å². The molecule has 370 valence electrons. The minimum atomic E-state index is -1.12. The van der Waals surface area contributed by atoms with Gasteiger partial charge in [0.2, 0.25) is 0 Å². The first-order valence-electron chi connectivity index (χ1n) is 23.9. The summed E-state index contributed by atoms with van der Waals surface area (Å²) in [5, 5.41) is 8.15. The minimum Gasteiger partial charge on any atom is -0.400 e. The van der Waals surface area contributed by atoms with E-state index >= 15 is 0 Å². The Kier molecular flexibility index (Phi) is 44.1. The average Bonchev–Trinajstić information content (AvgIpc) is 2.90. The molecule has 0 amide bonds. The first-order valence-corrected chi connectivity index (χ1v) is 65.6. The predicted octanol–water partition coefficient (Wildman–Crippen LogP) is 20.6. The van der Waals surface area contributed by atoms with Crippen molar-refractivity contribution in [3.8, 4) is 0 Å². The fourth-order valence-electron chi connectivity index (χ4n) is 7.83. The third kappa shape index (κ3) is 44.8. The van der Waals surface area contributed by atoms with E-state index in [-0.39, 0.29) is 0 Å². The molecule has 2 nitrogen and oxygen atoms in total. The Hall–Kier alpha value is 3.16. The van der Waals surface area contributed by atoms with Crippen LogP contribution in [0, 0.1) is 0 Å². The van der Waals surface area contributed by atoms with E-state index in [9.17, 15) is 0 Å². The third-order valence-corrected chi connectivity index (χ3v) is 142. The molecule has 0 saturated carbocycles. The smallest absolute Gasteiger partial charge is 0.0724 e. The van der Waals surface area contributed by atoms with Gasteiger partial charge in [-0.1, -0.05) is 260 Å². The maximum absolute atomic E-state index is 7.00. The summed E-state index contributed by atoms with van der Waals surface area (Å²) < 4.78 is 0. The zero-order valence-electron chi connectivity index (χ0n) is 49.9. The van der Waals surface area contributed by atoms with Crippen molar-refractivity contribution in [2.24, 2.45) is 0 Å². The van der Waals surface area contributed by atoms with Gasteiger partial charge in [0.25, 0.3) is 0 Å². The zero-order chi connectivity index (χ0) is 51.1. The van der Waals surface area contributed by atoms with Gasteiger partial charge in [-0.15, -0.1) is 20.8 Å². The lowest BCUT2D eigenvalue weighted by Gasteiger charge is -2.54. The van der Waals surface area contributed by atoms with Crippen molar-refractivity contribution in [3.05, 3.63) is 0 Å². The van der Waals surface area contributed by atoms with E-state index in [4.69, 9.17) is 5.11 Å². The Morgan fingerprint density at radius 3 is 0.559 bits per heavy atom. The van der Waals surface area contributed by atoms with Crippen molar-refractivity contribution < 1.29 is 5.11 Å². The maximum atomic E-state index is 7.00. The van der Waals surface area contributed by atoms with Crippen LogP contribution in [0.5, 0.6) is 0 Å². The molecule has 0 aliphatic carbocycles. The van der Waals surface area contributed by atoms with E-state index in [0.717, 1.165) is 7.11 Å². The molecule has 0 fully saturated rings. The summed E-state index contributed by atoms with van der Waals surface area (Å²) in [7, 11) is -5.62. The van der Waals surface area contributed by atoms with Crippen molar-refractivity contribution in [1.82, 2.24) is 4.90 Å². The summed E-state index contributed by atoms with van der Waals surface area (Å²) in [5.41, 5.74) is 0. The number of hydrogen-bond donors (Lipinski definition) is 1. The van der Waals surface area contributed by atoms with Crippen LogP contribution in [0.3, 0.4) is 0 Å². The molecule has 14 heteroatoms. The molecule has 59 heavy (non-hydrogen) atoms. The van der Waals surface area contributed by atoms with Gasteiger partial charge in [0.1, 0.15) is 0 Å². The van der Waals surface area contributed by atoms with Gasteiger partial charge in [-0.25, -0.2) is 0 Å². The molecule has 0 bridgehead atoms. The van der Waals surface area contributed by atoms with Gasteiger partial charge in [-0.2, -0.15) is 0 Å². The van der Waals surface area contributed by atoms with Crippen molar-refractivity contribution >= 4 is 90.8 Å². The molecule has 0 spiro atoms. The molecule has 0 aromatic heterocycles. The van der Waals surface area contributed by atoms with Crippen LogP contribution in [0.4, 0.5) is 0 Å². The fraction of sp³-hybridized carbons (Fsp3) is 1.00. The van der Waals surface area contributed by atoms with Gasteiger partial charge in [0.15, 0.2) is 0 Å². The Labute approximate surface area is 395 Å². The van der Waals surface area contributed by atoms with Gasteiger partial charge in [-0.3, -0.25) is 0 Å². The molecule has 0 aliphatic rings. The van der Waals surface area contributed by atoms with Gasteiger partial charge >= 0.3 is 0 Å². The van der Waals surface area contributed by atoms with E-state index in [2.05, 4.69) is 237 Å². The summed E-state index contributed by atoms with van der Waals surface area (Å²) >= 11 is 0. The quantitative estimate of drug-likeness (QED) is 0.165. The lowest BCUT2D eigenvalue weighted by atomic mass is 10.2. The van der Waals surface area contributed by atoms with Crippen molar-refractivity contribution in [2.45, 2.75) is 270 Å². The molecule has 0 atom stereocenters. The largest absolute Gasteiger partial charge is 0.400 e. The van der Waals surface area contributed by atoms with E-state index in [1.165, 1.54) is 27.3 Å². The summed E-state index contributed by atoms with van der Waals surface area (Å²) in [6.07, 6.45) is 0. The standard InChI is InChI=1S/C12H33PSi3.C9H27PSi3.C7H18Si.C6H15N.C6H19PSi2.2C2H6.CH4O/c1-12(2,3)16(10,11)13(14(4,5)6)15(7,8)9;1-11(2,3)10(12(4,5)6)13(7,8)9;1-7(2,3)8(4,5)6;1-4-7(5-2)6-3;1-8(2,3)7-9(4,5)6;3*1-2/h1-11H3;1-9H3;1-6H3;4-6H2,1-3H3;7H,1-6H3;2*1-2H3;2H,1H3. The van der Waals surface area contributed by atoms with Crippen LogP contribution >= 0.6 is 20.8 Å². The van der Waals surface area contributed by atoms with Gasteiger partial charge < -0.3 is 10.0 Å². The third-order valence-electron chi connectivity index (χ3n) is 10.1. The van der Waals surface area contributed by atoms with E-state index in [0.29, 0.717) is 23.2 Å². The monoisotopic (exact) mass is 1040 g/mol. The first kappa shape index (κ1) is 79.3. The van der Waals surface area contributed by atoms with Gasteiger partial charge in [0, 0.05) is 15.2 Å². The molecule has 0 aromatic carbocycles. The van der Waals surface area contributed by atoms with Gasteiger partial charge in [-0.05, 0) is 29.7 Å². The molecule has 0 aromatic rings. The van der Waals surface area contributed by atoms with E-state index in [1.807, 2.05) is 27.7 Å². The highest BCUT2D eigenvalue weighted by atomic mass is 31.8. The maximum Gasteiger partial charge on any atom is 0.0724 e. The second-order valence-corrected chi connectivity index (χ2v) is 121. The highest BCUT2D eigenvalue weighted by Crippen LogP contribution is 2.67. The highest BCUT2D eigenvalue weighted by Gasteiger charge is 2.52. The molecule has 0 rings (SSSR count). The van der Waals surface area contributed by atoms with Crippen LogP contribution in [0.25, 0.3) is 0 Å². The number of rotatable bonds is 11. The molecule has 1 N–H and O–H groups in total. The molecule has 0 saturated heterocycles. The molecule has 0 aliphatic heterocycles. The summed E-state index contributed by atoms with van der Waals surface area (Å²) in [5.74, 6) is 0. The van der Waals surface area contributed by atoms with E-state index in [1.54, 1.807) is 0 Å². The van der Waals surface area contributed by atoms with Crippen LogP contribution in [-0.4, -0.2) is 107 Å². The number of aliphatic hydroxyl groups is 1. The molecular weight excluding hydrogens is 916 g/mol. The summed E-state index contributed by atoms with van der Waals surface area (Å²) in [6, 6.07) is 0. The first-order chi connectivity index (χ1) is 25.3. The summed E-state index contributed by atoms with van der Waals surface area (Å²) in [4.78, 5) is 2.38. The molecule has 0 heterocycles. The Morgan fingerprint density at radius 1 is 0.373 bits per heavy atom. The lowest BCUT2D eigenvalue weighted by Crippen LogP contribution is -2.49. The molecule has 0 unspecified atom stereocenters. The topological polar surface area (TPSA) is 23.5 Å². The number of nitrogens with zero attached hydrogens (tertiary/aromatic N) is 1. The summed E-state index contributed by atoms with van der Waals surface area (Å²) in [6.45, 7) is 99.9. The molecule has 0 radical (unpaired) electrons. The van der Waals surface area contributed by atoms with Crippen molar-refractivity contribution in [1.29, 1.82) is 0 Å². The Morgan fingerprint density at radius 2 is 0.542 bits per heavy atom. The fourth-order valence-corrected chi connectivity index (χ4v) is 194. The second-order valence-electron chi connectivity index (χ2n) is 26.1. The molecular formula is C45H128NOP3Si9. The highest BCUT2D eigenvalue weighted by molar-refractivity contribution is 8.37. The predicted molar refractivity (Wildman–Crippen MR) is 330 cm³/mol. The SMILES string of the molecule is CC.CC.CC(C)(C)[Si](C)(C)C.CC(C)(C)[Si](C)(C)P([Si](C)(C)C)[Si](C)(C)C.CCN(CC)CC.CO.C[Si](C)(C)P([Si](C)(C)C)[Si](C)(C)C.C[Si](C)(C)P[Si](C)(C)C. The van der Waals surface area contributed by atoms with Crippen LogP contribution in [0.2, 0.25) is 180 Å². The van der Waals surface area contributed by atoms with Crippen LogP contribution in [0.15, 0.2) is 0 Å². The van der Waals surface area contributed by atoms with Crippen LogP contribution in [0.1, 0.15) is 90.0 Å². The number of aliphatic hydroxyl groups excluding tert-OH is 1. The van der Waals surface area contributed by atoms with Crippen LogP contribution in [-0.2, 0) is 0 Å².